The number of amides is 2. The highest BCUT2D eigenvalue weighted by molar-refractivity contribution is 5.96. The summed E-state index contributed by atoms with van der Waals surface area (Å²) in [6.07, 6.45) is -5.00. The Morgan fingerprint density at radius 2 is 1.26 bits per heavy atom. The Labute approximate surface area is 188 Å². The maximum atomic E-state index is 15.2. The zero-order valence-electron chi connectivity index (χ0n) is 16.9. The van der Waals surface area contributed by atoms with Gasteiger partial charge in [-0.05, 0) is 63.3 Å². The number of halogens is 3. The monoisotopic (exact) mass is 464 g/mol. The fraction of sp³-hybridized carbons (Fsp3) is 0.0909. The van der Waals surface area contributed by atoms with E-state index >= 15 is 13.2 Å². The molecule has 0 unspecified atom stereocenters. The van der Waals surface area contributed by atoms with Crippen LogP contribution in [0.5, 0.6) is 11.5 Å². The van der Waals surface area contributed by atoms with E-state index in [4.69, 9.17) is 15.8 Å². The minimum atomic E-state index is -5.00. The predicted octanol–water partition coefficient (Wildman–Crippen LogP) is 6.59. The number of rotatable bonds is 3. The molecular formula is C22H11F3N6O3. The molecule has 4 rings (SSSR count). The molecule has 0 spiro atoms. The number of hydrogen-bond acceptors (Lipinski definition) is 3. The molecule has 3 aromatic rings. The summed E-state index contributed by atoms with van der Waals surface area (Å²) in [5.41, 5.74) is 12.6. The molecule has 1 aliphatic heterocycles. The zero-order chi connectivity index (χ0) is 24.5. The smallest absolute Gasteiger partial charge is 0.406 e. The first kappa shape index (κ1) is 22.4. The van der Waals surface area contributed by atoms with Gasteiger partial charge in [0.15, 0.2) is 0 Å². The first-order valence-electron chi connectivity index (χ1n) is 9.52. The molecule has 1 aliphatic rings. The first-order valence-corrected chi connectivity index (χ1v) is 9.52. The largest absolute Gasteiger partial charge is 0.457 e. The number of carbonyl (C=O) groups excluding carboxylic acids is 2. The normalized spacial score (nSPS) is 16.1. The second kappa shape index (κ2) is 8.28. The van der Waals surface area contributed by atoms with Crippen LogP contribution in [0.3, 0.4) is 0 Å². The van der Waals surface area contributed by atoms with Gasteiger partial charge in [-0.3, -0.25) is 9.59 Å². The van der Waals surface area contributed by atoms with E-state index in [0.717, 1.165) is 12.1 Å². The van der Waals surface area contributed by atoms with Crippen molar-refractivity contribution in [3.05, 3.63) is 115 Å². The van der Waals surface area contributed by atoms with E-state index in [1.807, 2.05) is 0 Å². The standard InChI is InChI=1S/C22H11F3N6O3/c23-22(24,25)21(14-4-2-1-3-5-14)15-10-12(19(32)28-30-26)6-8-17(15)34-18-9-7-13(11-16(18)21)20(33)29-31-27/h1-11H. The van der Waals surface area contributed by atoms with E-state index in [1.165, 1.54) is 54.6 Å². The number of benzene rings is 3. The predicted molar refractivity (Wildman–Crippen MR) is 112 cm³/mol. The molecule has 0 saturated carbocycles. The first-order chi connectivity index (χ1) is 16.2. The highest BCUT2D eigenvalue weighted by Gasteiger charge is 2.62. The van der Waals surface area contributed by atoms with Crippen molar-refractivity contribution in [2.45, 2.75) is 11.6 Å². The molecule has 0 aromatic heterocycles. The Balaban J connectivity index is 2.14. The summed E-state index contributed by atoms with van der Waals surface area (Å²) in [6, 6.07) is 13.5. The highest BCUT2D eigenvalue weighted by atomic mass is 19.4. The third kappa shape index (κ3) is 3.39. The van der Waals surface area contributed by atoms with Crippen molar-refractivity contribution >= 4 is 11.8 Å². The summed E-state index contributed by atoms with van der Waals surface area (Å²) in [5.74, 6) is -2.51. The topological polar surface area (TPSA) is 141 Å². The van der Waals surface area contributed by atoms with Crippen LogP contribution in [0.4, 0.5) is 13.2 Å². The SMILES string of the molecule is [N-]=[N+]=NC(=O)c1ccc2c(c1)C(c1ccccc1)(C(F)(F)F)c1cc(C(=O)N=[N+]=[N-])ccc1O2. The Hall–Kier alpha value is -4.79. The highest BCUT2D eigenvalue weighted by Crippen LogP contribution is 2.59. The lowest BCUT2D eigenvalue weighted by molar-refractivity contribution is -0.168. The van der Waals surface area contributed by atoms with Gasteiger partial charge in [-0.25, -0.2) is 0 Å². The van der Waals surface area contributed by atoms with E-state index in [-0.39, 0.29) is 28.2 Å². The minimum absolute atomic E-state index is 0.180. The third-order valence-corrected chi connectivity index (χ3v) is 5.38. The maximum absolute atomic E-state index is 15.2. The fourth-order valence-corrected chi connectivity index (χ4v) is 4.02. The molecule has 3 aromatic carbocycles. The van der Waals surface area contributed by atoms with Gasteiger partial charge in [-0.15, -0.1) is 0 Å². The Kier molecular flexibility index (Phi) is 5.46. The van der Waals surface area contributed by atoms with Crippen LogP contribution in [-0.4, -0.2) is 18.0 Å². The van der Waals surface area contributed by atoms with E-state index in [1.54, 1.807) is 0 Å². The summed E-state index contributed by atoms with van der Waals surface area (Å²) < 4.78 is 51.3. The average Bonchev–Trinajstić information content (AvgIpc) is 2.82. The molecule has 0 radical (unpaired) electrons. The zero-order valence-corrected chi connectivity index (χ0v) is 16.9. The quantitative estimate of drug-likeness (QED) is 0.245. The van der Waals surface area contributed by atoms with Crippen LogP contribution in [0.25, 0.3) is 20.9 Å². The van der Waals surface area contributed by atoms with E-state index in [9.17, 15) is 9.59 Å². The second-order valence-corrected chi connectivity index (χ2v) is 7.13. The maximum Gasteiger partial charge on any atom is 0.406 e. The fourth-order valence-electron chi connectivity index (χ4n) is 4.02. The summed E-state index contributed by atoms with van der Waals surface area (Å²) in [6.45, 7) is 0. The molecular weight excluding hydrogens is 453 g/mol. The van der Waals surface area contributed by atoms with Crippen molar-refractivity contribution in [1.29, 1.82) is 0 Å². The number of alkyl halides is 3. The van der Waals surface area contributed by atoms with Crippen molar-refractivity contribution in [3.8, 4) is 11.5 Å². The third-order valence-electron chi connectivity index (χ3n) is 5.38. The van der Waals surface area contributed by atoms with Gasteiger partial charge in [0.1, 0.15) is 16.9 Å². The molecule has 0 N–H and O–H groups in total. The lowest BCUT2D eigenvalue weighted by atomic mass is 9.66. The van der Waals surface area contributed by atoms with Gasteiger partial charge in [0, 0.05) is 32.1 Å². The van der Waals surface area contributed by atoms with Crippen molar-refractivity contribution in [2.75, 3.05) is 0 Å². The second-order valence-electron chi connectivity index (χ2n) is 7.13. The summed E-state index contributed by atoms with van der Waals surface area (Å²) >= 11 is 0. The molecule has 12 heteroatoms. The summed E-state index contributed by atoms with van der Waals surface area (Å²) in [7, 11) is 0. The average molecular weight is 464 g/mol. The van der Waals surface area contributed by atoms with E-state index < -0.39 is 34.5 Å². The van der Waals surface area contributed by atoms with Gasteiger partial charge >= 0.3 is 6.18 Å². The Morgan fingerprint density at radius 1 is 0.794 bits per heavy atom. The minimum Gasteiger partial charge on any atom is -0.457 e. The number of carbonyl (C=O) groups is 2. The van der Waals surface area contributed by atoms with Crippen LogP contribution in [-0.2, 0) is 5.41 Å². The van der Waals surface area contributed by atoms with Gasteiger partial charge < -0.3 is 4.74 Å². The molecule has 0 saturated heterocycles. The number of nitrogens with zero attached hydrogens (tertiary/aromatic N) is 6. The Morgan fingerprint density at radius 3 is 1.68 bits per heavy atom. The molecule has 0 atom stereocenters. The molecule has 34 heavy (non-hydrogen) atoms. The molecule has 168 valence electrons. The van der Waals surface area contributed by atoms with Crippen LogP contribution in [0, 0.1) is 0 Å². The number of ether oxygens (including phenoxy) is 1. The van der Waals surface area contributed by atoms with E-state index in [0.29, 0.717) is 0 Å². The molecule has 0 aliphatic carbocycles. The van der Waals surface area contributed by atoms with Crippen LogP contribution in [0.15, 0.2) is 77.0 Å². The van der Waals surface area contributed by atoms with Gasteiger partial charge in [-0.1, -0.05) is 30.3 Å². The number of azide groups is 2. The van der Waals surface area contributed by atoms with Gasteiger partial charge in [0.05, 0.1) is 0 Å². The van der Waals surface area contributed by atoms with Gasteiger partial charge in [0.2, 0.25) is 11.8 Å². The summed E-state index contributed by atoms with van der Waals surface area (Å²) in [5, 5.41) is 5.91. The van der Waals surface area contributed by atoms with Gasteiger partial charge in [-0.2, -0.15) is 13.2 Å². The van der Waals surface area contributed by atoms with Crippen molar-refractivity contribution in [3.63, 3.8) is 0 Å². The van der Waals surface area contributed by atoms with Crippen molar-refractivity contribution in [1.82, 2.24) is 0 Å². The lowest BCUT2D eigenvalue weighted by Crippen LogP contribution is -2.46. The van der Waals surface area contributed by atoms with Crippen LogP contribution in [0.2, 0.25) is 0 Å². The molecule has 2 amide bonds. The van der Waals surface area contributed by atoms with Gasteiger partial charge in [0.25, 0.3) is 0 Å². The Bertz CT molecular complexity index is 1350. The number of hydrogen-bond donors (Lipinski definition) is 0. The van der Waals surface area contributed by atoms with E-state index in [2.05, 4.69) is 20.1 Å². The molecule has 0 bridgehead atoms. The van der Waals surface area contributed by atoms with Crippen LogP contribution >= 0.6 is 0 Å². The molecule has 9 nitrogen and oxygen atoms in total. The summed E-state index contributed by atoms with van der Waals surface area (Å²) in [4.78, 5) is 29.1. The molecule has 0 fully saturated rings. The number of fused-ring (bicyclic) bond motifs is 2. The molecule has 1 heterocycles. The van der Waals surface area contributed by atoms with Crippen LogP contribution < -0.4 is 4.74 Å². The van der Waals surface area contributed by atoms with Crippen molar-refractivity contribution in [2.24, 2.45) is 10.2 Å². The van der Waals surface area contributed by atoms with Crippen molar-refractivity contribution < 1.29 is 27.5 Å². The lowest BCUT2D eigenvalue weighted by Gasteiger charge is -2.42. The van der Waals surface area contributed by atoms with Crippen LogP contribution in [0.1, 0.15) is 37.4 Å².